The fourth-order valence-corrected chi connectivity index (χ4v) is 4.96. The Hall–Kier alpha value is -2.64. The average Bonchev–Trinajstić information content (AvgIpc) is 2.84. The summed E-state index contributed by atoms with van der Waals surface area (Å²) in [6.45, 7) is 6.64. The highest BCUT2D eigenvalue weighted by atomic mass is 79.9. The van der Waals surface area contributed by atoms with E-state index in [-0.39, 0.29) is 0 Å². The van der Waals surface area contributed by atoms with Crippen LogP contribution in [0.4, 0.5) is 11.6 Å². The van der Waals surface area contributed by atoms with Crippen molar-refractivity contribution in [2.45, 2.75) is 19.5 Å². The van der Waals surface area contributed by atoms with Crippen LogP contribution >= 0.6 is 15.9 Å². The van der Waals surface area contributed by atoms with Gasteiger partial charge < -0.3 is 14.5 Å². The Morgan fingerprint density at radius 3 is 2.59 bits per heavy atom. The normalized spacial score (nSPS) is 16.7. The zero-order valence-corrected chi connectivity index (χ0v) is 20.0. The number of piperazine rings is 1. The molecule has 1 saturated heterocycles. The summed E-state index contributed by atoms with van der Waals surface area (Å²) in [5.41, 5.74) is 5.00. The molecule has 166 valence electrons. The molecule has 5 rings (SSSR count). The zero-order valence-electron chi connectivity index (χ0n) is 18.4. The SMILES string of the molecule is COc1cccc(N2CCN(c3ncc4c(n3)CCN(Cc3cccc(Br)c3)C4)CC2)c1. The van der Waals surface area contributed by atoms with E-state index in [4.69, 9.17) is 14.7 Å². The number of hydrogen-bond acceptors (Lipinski definition) is 6. The molecule has 32 heavy (non-hydrogen) atoms. The van der Waals surface area contributed by atoms with E-state index < -0.39 is 0 Å². The predicted octanol–water partition coefficient (Wildman–Crippen LogP) is 4.13. The van der Waals surface area contributed by atoms with Crippen molar-refractivity contribution in [3.63, 3.8) is 0 Å². The second kappa shape index (κ2) is 9.46. The summed E-state index contributed by atoms with van der Waals surface area (Å²) in [6.07, 6.45) is 3.02. The van der Waals surface area contributed by atoms with E-state index in [1.165, 1.54) is 22.5 Å². The molecule has 1 aromatic heterocycles. The molecular weight excluding hydrogens is 466 g/mol. The minimum Gasteiger partial charge on any atom is -0.497 e. The lowest BCUT2D eigenvalue weighted by Gasteiger charge is -2.36. The maximum Gasteiger partial charge on any atom is 0.225 e. The Morgan fingerprint density at radius 2 is 1.78 bits per heavy atom. The number of methoxy groups -OCH3 is 1. The average molecular weight is 494 g/mol. The van der Waals surface area contributed by atoms with Gasteiger partial charge in [-0.3, -0.25) is 4.90 Å². The van der Waals surface area contributed by atoms with Crippen LogP contribution in [0.1, 0.15) is 16.8 Å². The van der Waals surface area contributed by atoms with Crippen molar-refractivity contribution in [3.8, 4) is 5.75 Å². The predicted molar refractivity (Wildman–Crippen MR) is 131 cm³/mol. The third kappa shape index (κ3) is 4.74. The van der Waals surface area contributed by atoms with Gasteiger partial charge in [0.25, 0.3) is 0 Å². The second-order valence-electron chi connectivity index (χ2n) is 8.41. The fraction of sp³-hybridized carbons (Fsp3) is 0.360. The van der Waals surface area contributed by atoms with E-state index in [1.54, 1.807) is 7.11 Å². The number of rotatable bonds is 5. The molecule has 0 amide bonds. The Balaban J connectivity index is 1.21. The molecule has 0 unspecified atom stereocenters. The lowest BCUT2D eigenvalue weighted by Crippen LogP contribution is -2.47. The van der Waals surface area contributed by atoms with Crippen LogP contribution in [-0.4, -0.2) is 54.7 Å². The molecule has 0 aliphatic carbocycles. The topological polar surface area (TPSA) is 44.7 Å². The molecule has 0 N–H and O–H groups in total. The van der Waals surface area contributed by atoms with Crippen molar-refractivity contribution in [2.24, 2.45) is 0 Å². The van der Waals surface area contributed by atoms with Crippen molar-refractivity contribution in [3.05, 3.63) is 76.0 Å². The monoisotopic (exact) mass is 493 g/mol. The molecule has 0 saturated carbocycles. The first kappa shape index (κ1) is 21.2. The third-order valence-corrected chi connectivity index (χ3v) is 6.77. The smallest absolute Gasteiger partial charge is 0.225 e. The van der Waals surface area contributed by atoms with Crippen LogP contribution in [0.5, 0.6) is 5.75 Å². The molecule has 2 aliphatic rings. The number of aromatic nitrogens is 2. The number of nitrogens with zero attached hydrogens (tertiary/aromatic N) is 5. The van der Waals surface area contributed by atoms with E-state index in [1.807, 2.05) is 18.3 Å². The number of fused-ring (bicyclic) bond motifs is 1. The lowest BCUT2D eigenvalue weighted by atomic mass is 10.1. The van der Waals surface area contributed by atoms with Gasteiger partial charge in [-0.1, -0.05) is 34.1 Å². The van der Waals surface area contributed by atoms with Crippen molar-refractivity contribution in [1.82, 2.24) is 14.9 Å². The minimum absolute atomic E-state index is 0.870. The Bertz CT molecular complexity index is 1080. The molecule has 7 heteroatoms. The molecule has 6 nitrogen and oxygen atoms in total. The first-order valence-corrected chi connectivity index (χ1v) is 11.9. The van der Waals surface area contributed by atoms with Crippen LogP contribution in [0.15, 0.2) is 59.2 Å². The maximum absolute atomic E-state index is 5.37. The van der Waals surface area contributed by atoms with Crippen LogP contribution in [0.3, 0.4) is 0 Å². The van der Waals surface area contributed by atoms with Gasteiger partial charge in [-0.15, -0.1) is 0 Å². The maximum atomic E-state index is 5.37. The van der Waals surface area contributed by atoms with E-state index in [2.05, 4.69) is 67.0 Å². The minimum atomic E-state index is 0.870. The summed E-state index contributed by atoms with van der Waals surface area (Å²) in [4.78, 5) is 16.9. The number of halogens is 1. The summed E-state index contributed by atoms with van der Waals surface area (Å²) in [5, 5.41) is 0. The number of benzene rings is 2. The van der Waals surface area contributed by atoms with E-state index in [0.717, 1.165) is 68.4 Å². The largest absolute Gasteiger partial charge is 0.497 e. The quantitative estimate of drug-likeness (QED) is 0.532. The van der Waals surface area contributed by atoms with Gasteiger partial charge in [0.1, 0.15) is 5.75 Å². The first-order valence-electron chi connectivity index (χ1n) is 11.1. The van der Waals surface area contributed by atoms with Gasteiger partial charge in [0, 0.05) is 80.2 Å². The van der Waals surface area contributed by atoms with Crippen LogP contribution in [-0.2, 0) is 19.5 Å². The van der Waals surface area contributed by atoms with Gasteiger partial charge >= 0.3 is 0 Å². The summed E-state index contributed by atoms with van der Waals surface area (Å²) in [7, 11) is 1.71. The molecular formula is C25H28BrN5O. The summed E-state index contributed by atoms with van der Waals surface area (Å²) in [5.74, 6) is 1.77. The van der Waals surface area contributed by atoms with Gasteiger partial charge in [-0.25, -0.2) is 9.97 Å². The highest BCUT2D eigenvalue weighted by molar-refractivity contribution is 9.10. The van der Waals surface area contributed by atoms with Crippen LogP contribution in [0.2, 0.25) is 0 Å². The molecule has 2 aliphatic heterocycles. The molecule has 3 heterocycles. The molecule has 1 fully saturated rings. The van der Waals surface area contributed by atoms with Crippen molar-refractivity contribution >= 4 is 27.6 Å². The first-order chi connectivity index (χ1) is 15.7. The summed E-state index contributed by atoms with van der Waals surface area (Å²) < 4.78 is 6.50. The van der Waals surface area contributed by atoms with Crippen molar-refractivity contribution in [2.75, 3.05) is 49.6 Å². The molecule has 3 aromatic rings. The zero-order chi connectivity index (χ0) is 21.9. The van der Waals surface area contributed by atoms with Gasteiger partial charge in [0.15, 0.2) is 0 Å². The highest BCUT2D eigenvalue weighted by Crippen LogP contribution is 2.25. The van der Waals surface area contributed by atoms with Crippen LogP contribution < -0.4 is 14.5 Å². The summed E-state index contributed by atoms with van der Waals surface area (Å²) >= 11 is 3.57. The van der Waals surface area contributed by atoms with E-state index >= 15 is 0 Å². The van der Waals surface area contributed by atoms with E-state index in [9.17, 15) is 0 Å². The van der Waals surface area contributed by atoms with Crippen LogP contribution in [0, 0.1) is 0 Å². The second-order valence-corrected chi connectivity index (χ2v) is 9.32. The van der Waals surface area contributed by atoms with Gasteiger partial charge in [0.05, 0.1) is 12.8 Å². The molecule has 2 aromatic carbocycles. The third-order valence-electron chi connectivity index (χ3n) is 6.28. The summed E-state index contributed by atoms with van der Waals surface area (Å²) in [6, 6.07) is 16.8. The van der Waals surface area contributed by atoms with Gasteiger partial charge in [-0.05, 0) is 29.8 Å². The number of anilines is 2. The number of ether oxygens (including phenoxy) is 1. The van der Waals surface area contributed by atoms with E-state index in [0.29, 0.717) is 0 Å². The standard InChI is InChI=1S/C25H28BrN5O/c1-32-23-7-3-6-22(15-23)30-10-12-31(13-11-30)25-27-16-20-18-29(9-8-24(20)28-25)17-19-4-2-5-21(26)14-19/h2-7,14-16H,8-13,17-18H2,1H3. The molecule has 0 radical (unpaired) electrons. The van der Waals surface area contributed by atoms with Crippen LogP contribution in [0.25, 0.3) is 0 Å². The van der Waals surface area contributed by atoms with Crippen molar-refractivity contribution in [1.29, 1.82) is 0 Å². The lowest BCUT2D eigenvalue weighted by molar-refractivity contribution is 0.243. The molecule has 0 bridgehead atoms. The number of hydrogen-bond donors (Lipinski definition) is 0. The van der Waals surface area contributed by atoms with Gasteiger partial charge in [-0.2, -0.15) is 0 Å². The molecule has 0 atom stereocenters. The Kier molecular flexibility index (Phi) is 6.28. The fourth-order valence-electron chi connectivity index (χ4n) is 4.52. The Morgan fingerprint density at radius 1 is 0.969 bits per heavy atom. The molecule has 0 spiro atoms. The van der Waals surface area contributed by atoms with Crippen molar-refractivity contribution < 1.29 is 4.74 Å². The Labute approximate surface area is 198 Å². The highest BCUT2D eigenvalue weighted by Gasteiger charge is 2.23. The van der Waals surface area contributed by atoms with Gasteiger partial charge in [0.2, 0.25) is 5.95 Å².